The Bertz CT molecular complexity index is 957. The van der Waals surface area contributed by atoms with Crippen molar-refractivity contribution in [2.75, 3.05) is 11.9 Å². The Labute approximate surface area is 165 Å². The molecule has 142 valence electrons. The van der Waals surface area contributed by atoms with Gasteiger partial charge in [0.1, 0.15) is 9.46 Å². The van der Waals surface area contributed by atoms with E-state index in [9.17, 15) is 18.0 Å². The van der Waals surface area contributed by atoms with Crippen LogP contribution in [0.25, 0.3) is 0 Å². The van der Waals surface area contributed by atoms with Crippen LogP contribution in [0.3, 0.4) is 0 Å². The van der Waals surface area contributed by atoms with Crippen molar-refractivity contribution >= 4 is 55.8 Å². The molecule has 0 aliphatic carbocycles. The zero-order chi connectivity index (χ0) is 19.4. The number of amides is 2. The first-order valence-corrected chi connectivity index (χ1v) is 11.3. The van der Waals surface area contributed by atoms with Crippen molar-refractivity contribution in [1.29, 1.82) is 0 Å². The Morgan fingerprint density at radius 2 is 1.96 bits per heavy atom. The van der Waals surface area contributed by atoms with E-state index in [1.54, 1.807) is 42.6 Å². The molecule has 3 rings (SSSR count). The molecule has 2 heterocycles. The lowest BCUT2D eigenvalue weighted by Gasteiger charge is -2.13. The predicted molar refractivity (Wildman–Crippen MR) is 107 cm³/mol. The average molecular weight is 424 g/mol. The summed E-state index contributed by atoms with van der Waals surface area (Å²) in [6.07, 6.45) is -0.0625. The Morgan fingerprint density at radius 1 is 1.22 bits per heavy atom. The van der Waals surface area contributed by atoms with Crippen LogP contribution in [0.15, 0.2) is 56.5 Å². The molecule has 1 unspecified atom stereocenters. The van der Waals surface area contributed by atoms with E-state index < -0.39 is 15.3 Å². The molecule has 0 saturated carbocycles. The number of sulfonamides is 1. The molecule has 7 nitrogen and oxygen atoms in total. The molecule has 27 heavy (non-hydrogen) atoms. The molecule has 1 fully saturated rings. The van der Waals surface area contributed by atoms with Crippen LogP contribution in [0.5, 0.6) is 0 Å². The largest absolute Gasteiger partial charge is 0.326 e. The summed E-state index contributed by atoms with van der Waals surface area (Å²) in [6, 6.07) is 12.0. The molecule has 0 bridgehead atoms. The first-order chi connectivity index (χ1) is 12.9. The van der Waals surface area contributed by atoms with Gasteiger partial charge in [0.15, 0.2) is 5.17 Å². The second-order valence-corrected chi connectivity index (χ2v) is 9.54. The number of thiophene rings is 1. The topological polar surface area (TPSA) is 95.9 Å². The number of para-hydroxylation sites is 1. The standard InChI is InChI=1S/C17H17N3O4S3/c1-2-20-16(22)13(11-14(21)18-12-7-4-3-5-8-12)26-17(20)19-27(23,24)15-9-6-10-25-15/h3-10,13H,2,11H2,1H3,(H,18,21)/b19-17-. The molecule has 2 amide bonds. The van der Waals surface area contributed by atoms with Gasteiger partial charge in [-0.2, -0.15) is 8.42 Å². The van der Waals surface area contributed by atoms with E-state index in [4.69, 9.17) is 0 Å². The molecule has 1 atom stereocenters. The van der Waals surface area contributed by atoms with Crippen LogP contribution in [0, 0.1) is 0 Å². The average Bonchev–Trinajstić information content (AvgIpc) is 3.25. The summed E-state index contributed by atoms with van der Waals surface area (Å²) in [7, 11) is -3.88. The van der Waals surface area contributed by atoms with E-state index in [0.717, 1.165) is 23.1 Å². The maximum atomic E-state index is 12.6. The monoisotopic (exact) mass is 423 g/mol. The Hall–Kier alpha value is -2.17. The summed E-state index contributed by atoms with van der Waals surface area (Å²) < 4.78 is 28.7. The van der Waals surface area contributed by atoms with Gasteiger partial charge >= 0.3 is 0 Å². The lowest BCUT2D eigenvalue weighted by molar-refractivity contribution is -0.128. The number of benzene rings is 1. The number of hydrogen-bond donors (Lipinski definition) is 1. The minimum atomic E-state index is -3.88. The third kappa shape index (κ3) is 4.57. The van der Waals surface area contributed by atoms with Crippen LogP contribution < -0.4 is 5.32 Å². The zero-order valence-electron chi connectivity index (χ0n) is 14.4. The highest BCUT2D eigenvalue weighted by molar-refractivity contribution is 8.16. The molecular weight excluding hydrogens is 406 g/mol. The Kier molecular flexibility index (Phi) is 5.98. The first kappa shape index (κ1) is 19.6. The van der Waals surface area contributed by atoms with Crippen molar-refractivity contribution < 1.29 is 18.0 Å². The summed E-state index contributed by atoms with van der Waals surface area (Å²) in [6.45, 7) is 2.01. The van der Waals surface area contributed by atoms with E-state index in [1.807, 2.05) is 6.07 Å². The fraction of sp³-hybridized carbons (Fsp3) is 0.235. The van der Waals surface area contributed by atoms with Crippen LogP contribution >= 0.6 is 23.1 Å². The van der Waals surface area contributed by atoms with Gasteiger partial charge in [0.2, 0.25) is 11.8 Å². The van der Waals surface area contributed by atoms with Crippen LogP contribution in [-0.2, 0) is 19.6 Å². The van der Waals surface area contributed by atoms with E-state index in [1.165, 1.54) is 11.0 Å². The lowest BCUT2D eigenvalue weighted by Crippen LogP contribution is -2.33. The number of carbonyl (C=O) groups is 2. The summed E-state index contributed by atoms with van der Waals surface area (Å²) >= 11 is 2.07. The quantitative estimate of drug-likeness (QED) is 0.771. The Morgan fingerprint density at radius 3 is 2.59 bits per heavy atom. The normalized spacial score (nSPS) is 18.9. The summed E-state index contributed by atoms with van der Waals surface area (Å²) in [5.41, 5.74) is 0.638. The van der Waals surface area contributed by atoms with E-state index >= 15 is 0 Å². The minimum Gasteiger partial charge on any atom is -0.326 e. The van der Waals surface area contributed by atoms with Crippen molar-refractivity contribution in [2.24, 2.45) is 4.40 Å². The van der Waals surface area contributed by atoms with E-state index in [-0.39, 0.29) is 34.2 Å². The summed E-state index contributed by atoms with van der Waals surface area (Å²) in [5, 5.41) is 3.78. The Balaban J connectivity index is 1.74. The maximum Gasteiger partial charge on any atom is 0.294 e. The number of anilines is 1. The number of thioether (sulfide) groups is 1. The highest BCUT2D eigenvalue weighted by atomic mass is 32.2. The summed E-state index contributed by atoms with van der Waals surface area (Å²) in [5.74, 6) is -0.628. The molecule has 2 aromatic rings. The molecular formula is C17H17N3O4S3. The van der Waals surface area contributed by atoms with Gasteiger partial charge in [-0.15, -0.1) is 15.7 Å². The highest BCUT2D eigenvalue weighted by Crippen LogP contribution is 2.31. The molecule has 1 aliphatic heterocycles. The van der Waals surface area contributed by atoms with E-state index in [0.29, 0.717) is 5.69 Å². The van der Waals surface area contributed by atoms with Crippen LogP contribution in [0.4, 0.5) is 5.69 Å². The third-order valence-corrected chi connectivity index (χ3v) is 7.64. The van der Waals surface area contributed by atoms with Gasteiger partial charge in [-0.05, 0) is 30.5 Å². The van der Waals surface area contributed by atoms with Gasteiger partial charge in [-0.1, -0.05) is 36.0 Å². The minimum absolute atomic E-state index is 0.0625. The fourth-order valence-electron chi connectivity index (χ4n) is 2.46. The van der Waals surface area contributed by atoms with Crippen molar-refractivity contribution in [3.63, 3.8) is 0 Å². The molecule has 0 radical (unpaired) electrons. The van der Waals surface area contributed by atoms with Gasteiger partial charge in [0.25, 0.3) is 10.0 Å². The van der Waals surface area contributed by atoms with Crippen molar-refractivity contribution in [3.05, 3.63) is 47.8 Å². The number of nitrogens with zero attached hydrogens (tertiary/aromatic N) is 2. The van der Waals surface area contributed by atoms with Crippen molar-refractivity contribution in [2.45, 2.75) is 22.8 Å². The molecule has 1 aromatic heterocycles. The predicted octanol–water partition coefficient (Wildman–Crippen LogP) is 2.79. The summed E-state index contributed by atoms with van der Waals surface area (Å²) in [4.78, 5) is 26.1. The fourth-order valence-corrected chi connectivity index (χ4v) is 5.85. The number of amidine groups is 1. The zero-order valence-corrected chi connectivity index (χ0v) is 16.8. The second-order valence-electron chi connectivity index (χ2n) is 5.59. The smallest absolute Gasteiger partial charge is 0.294 e. The number of hydrogen-bond acceptors (Lipinski definition) is 6. The molecule has 1 saturated heterocycles. The number of nitrogens with one attached hydrogen (secondary N) is 1. The second kappa shape index (κ2) is 8.24. The molecule has 0 spiro atoms. The van der Waals surface area contributed by atoms with Gasteiger partial charge in [0.05, 0.1) is 0 Å². The van der Waals surface area contributed by atoms with Crippen molar-refractivity contribution in [3.8, 4) is 0 Å². The van der Waals surface area contributed by atoms with Crippen LogP contribution in [0.1, 0.15) is 13.3 Å². The molecule has 10 heteroatoms. The number of rotatable bonds is 6. The number of carbonyl (C=O) groups excluding carboxylic acids is 2. The van der Waals surface area contributed by atoms with Gasteiger partial charge < -0.3 is 5.32 Å². The maximum absolute atomic E-state index is 12.6. The first-order valence-electron chi connectivity index (χ1n) is 8.12. The van der Waals surface area contributed by atoms with E-state index in [2.05, 4.69) is 9.71 Å². The van der Waals surface area contributed by atoms with Gasteiger partial charge in [-0.3, -0.25) is 14.5 Å². The van der Waals surface area contributed by atoms with Gasteiger partial charge in [0, 0.05) is 18.7 Å². The van der Waals surface area contributed by atoms with Gasteiger partial charge in [-0.25, -0.2) is 0 Å². The third-order valence-electron chi connectivity index (χ3n) is 3.71. The van der Waals surface area contributed by atoms with Crippen LogP contribution in [-0.4, -0.2) is 42.1 Å². The van der Waals surface area contributed by atoms with Crippen LogP contribution in [0.2, 0.25) is 0 Å². The van der Waals surface area contributed by atoms with Crippen molar-refractivity contribution in [1.82, 2.24) is 4.90 Å². The SMILES string of the molecule is CCN1C(=O)C(CC(=O)Nc2ccccc2)S/C1=N\S(=O)(=O)c1cccs1. The molecule has 1 aromatic carbocycles. The highest BCUT2D eigenvalue weighted by Gasteiger charge is 2.39. The molecule has 1 N–H and O–H groups in total. The lowest BCUT2D eigenvalue weighted by atomic mass is 10.2. The molecule has 1 aliphatic rings.